The number of hydrogen-bond donors (Lipinski definition) is 2. The van der Waals surface area contributed by atoms with Crippen LogP contribution in [0.4, 0.5) is 5.69 Å². The second kappa shape index (κ2) is 6.16. The summed E-state index contributed by atoms with van der Waals surface area (Å²) in [5.41, 5.74) is 0.524. The lowest BCUT2D eigenvalue weighted by Crippen LogP contribution is -2.59. The van der Waals surface area contributed by atoms with Crippen molar-refractivity contribution >= 4 is 11.6 Å². The highest BCUT2D eigenvalue weighted by atomic mass is 16.3. The molecule has 1 aromatic carbocycles. The SMILES string of the molecule is CCC1(C(=O)N2CCN(c3ccccc3O)CC2)CCCN1. The summed E-state index contributed by atoms with van der Waals surface area (Å²) in [6.07, 6.45) is 2.88. The van der Waals surface area contributed by atoms with Crippen LogP contribution in [0.5, 0.6) is 5.75 Å². The maximum atomic E-state index is 12.9. The van der Waals surface area contributed by atoms with Gasteiger partial charge in [0.05, 0.1) is 11.2 Å². The van der Waals surface area contributed by atoms with Gasteiger partial charge < -0.3 is 20.2 Å². The summed E-state index contributed by atoms with van der Waals surface area (Å²) in [6, 6.07) is 7.40. The molecule has 0 saturated carbocycles. The first-order valence-electron chi connectivity index (χ1n) is 8.23. The van der Waals surface area contributed by atoms with Gasteiger partial charge in [-0.1, -0.05) is 19.1 Å². The molecule has 2 saturated heterocycles. The summed E-state index contributed by atoms with van der Waals surface area (Å²) >= 11 is 0. The van der Waals surface area contributed by atoms with Gasteiger partial charge in [-0.3, -0.25) is 4.79 Å². The number of aromatic hydroxyl groups is 1. The number of nitrogens with zero attached hydrogens (tertiary/aromatic N) is 2. The van der Waals surface area contributed by atoms with E-state index in [-0.39, 0.29) is 11.4 Å². The van der Waals surface area contributed by atoms with E-state index in [0.29, 0.717) is 5.75 Å². The number of benzene rings is 1. The van der Waals surface area contributed by atoms with Gasteiger partial charge >= 0.3 is 0 Å². The third kappa shape index (κ3) is 2.65. The number of nitrogens with one attached hydrogen (secondary N) is 1. The van der Waals surface area contributed by atoms with Crippen LogP contribution in [0.25, 0.3) is 0 Å². The highest BCUT2D eigenvalue weighted by molar-refractivity contribution is 5.87. The Hall–Kier alpha value is -1.75. The maximum absolute atomic E-state index is 12.9. The number of anilines is 1. The van der Waals surface area contributed by atoms with Gasteiger partial charge in [0.15, 0.2) is 0 Å². The second-order valence-corrected chi connectivity index (χ2v) is 6.23. The fraction of sp³-hybridized carbons (Fsp3) is 0.588. The molecule has 1 aromatic rings. The molecule has 120 valence electrons. The third-order valence-electron chi connectivity index (χ3n) is 5.05. The Bertz CT molecular complexity index is 532. The van der Waals surface area contributed by atoms with Gasteiger partial charge in [0.2, 0.25) is 5.91 Å². The average Bonchev–Trinajstić information content (AvgIpc) is 3.05. The molecule has 1 unspecified atom stereocenters. The Morgan fingerprint density at radius 1 is 1.27 bits per heavy atom. The van der Waals surface area contributed by atoms with Gasteiger partial charge in [-0.15, -0.1) is 0 Å². The Labute approximate surface area is 131 Å². The van der Waals surface area contributed by atoms with Crippen LogP contribution in [0, 0.1) is 0 Å². The fourth-order valence-electron chi connectivity index (χ4n) is 3.63. The minimum atomic E-state index is -0.336. The van der Waals surface area contributed by atoms with Crippen LogP contribution in [-0.2, 0) is 4.79 Å². The van der Waals surface area contributed by atoms with Gasteiger partial charge in [-0.05, 0) is 37.9 Å². The first-order chi connectivity index (χ1) is 10.7. The van der Waals surface area contributed by atoms with Crippen molar-refractivity contribution in [3.05, 3.63) is 24.3 Å². The first kappa shape index (κ1) is 15.2. The van der Waals surface area contributed by atoms with Gasteiger partial charge in [0.25, 0.3) is 0 Å². The molecule has 2 aliphatic rings. The molecule has 2 aliphatic heterocycles. The van der Waals surface area contributed by atoms with Crippen molar-refractivity contribution in [3.63, 3.8) is 0 Å². The maximum Gasteiger partial charge on any atom is 0.242 e. The van der Waals surface area contributed by atoms with Crippen molar-refractivity contribution in [2.45, 2.75) is 31.7 Å². The number of carbonyl (C=O) groups excluding carboxylic acids is 1. The fourth-order valence-corrected chi connectivity index (χ4v) is 3.63. The highest BCUT2D eigenvalue weighted by Gasteiger charge is 2.42. The number of phenolic OH excluding ortho intramolecular Hbond substituents is 1. The molecule has 0 spiro atoms. The summed E-state index contributed by atoms with van der Waals surface area (Å²) in [6.45, 7) is 6.01. The Morgan fingerprint density at radius 3 is 2.59 bits per heavy atom. The standard InChI is InChI=1S/C17H25N3O2/c1-2-17(8-5-9-18-17)16(22)20-12-10-19(11-13-20)14-6-3-4-7-15(14)21/h3-4,6-7,18,21H,2,5,8-13H2,1H3. The molecule has 5 heteroatoms. The van der Waals surface area contributed by atoms with Crippen molar-refractivity contribution in [3.8, 4) is 5.75 Å². The summed E-state index contributed by atoms with van der Waals surface area (Å²) in [4.78, 5) is 17.0. The third-order valence-corrected chi connectivity index (χ3v) is 5.05. The second-order valence-electron chi connectivity index (χ2n) is 6.23. The van der Waals surface area contributed by atoms with Crippen molar-refractivity contribution in [2.75, 3.05) is 37.6 Å². The quantitative estimate of drug-likeness (QED) is 0.890. The van der Waals surface area contributed by atoms with Gasteiger partial charge in [0.1, 0.15) is 5.75 Å². The zero-order valence-electron chi connectivity index (χ0n) is 13.2. The summed E-state index contributed by atoms with van der Waals surface area (Å²) in [5.74, 6) is 0.564. The van der Waals surface area contributed by atoms with Crippen LogP contribution in [0.3, 0.4) is 0 Å². The predicted molar refractivity (Wildman–Crippen MR) is 87.2 cm³/mol. The Balaban J connectivity index is 1.64. The lowest BCUT2D eigenvalue weighted by Gasteiger charge is -2.40. The van der Waals surface area contributed by atoms with E-state index < -0.39 is 0 Å². The zero-order valence-corrected chi connectivity index (χ0v) is 13.2. The van der Waals surface area contributed by atoms with Crippen LogP contribution in [0.2, 0.25) is 0 Å². The van der Waals surface area contributed by atoms with Crippen LogP contribution in [-0.4, -0.2) is 54.2 Å². The topological polar surface area (TPSA) is 55.8 Å². The molecule has 0 aliphatic carbocycles. The number of carbonyl (C=O) groups is 1. The Kier molecular flexibility index (Phi) is 4.25. The van der Waals surface area contributed by atoms with Gasteiger partial charge in [-0.25, -0.2) is 0 Å². The van der Waals surface area contributed by atoms with E-state index in [1.165, 1.54) is 0 Å². The van der Waals surface area contributed by atoms with E-state index in [2.05, 4.69) is 17.1 Å². The zero-order chi connectivity index (χ0) is 15.6. The van der Waals surface area contributed by atoms with E-state index in [4.69, 9.17) is 0 Å². The number of amides is 1. The molecular formula is C17H25N3O2. The van der Waals surface area contributed by atoms with E-state index >= 15 is 0 Å². The number of rotatable bonds is 3. The minimum Gasteiger partial charge on any atom is -0.506 e. The largest absolute Gasteiger partial charge is 0.506 e. The van der Waals surface area contributed by atoms with Crippen molar-refractivity contribution in [2.24, 2.45) is 0 Å². The molecule has 0 aromatic heterocycles. The van der Waals surface area contributed by atoms with Crippen molar-refractivity contribution < 1.29 is 9.90 Å². The molecule has 0 radical (unpaired) electrons. The molecule has 3 rings (SSSR count). The number of hydrogen-bond acceptors (Lipinski definition) is 4. The highest BCUT2D eigenvalue weighted by Crippen LogP contribution is 2.29. The monoisotopic (exact) mass is 303 g/mol. The predicted octanol–water partition coefficient (Wildman–Crippen LogP) is 1.57. The van der Waals surface area contributed by atoms with E-state index in [1.807, 2.05) is 23.1 Å². The van der Waals surface area contributed by atoms with E-state index in [0.717, 1.165) is 57.7 Å². The van der Waals surface area contributed by atoms with E-state index in [9.17, 15) is 9.90 Å². The molecule has 22 heavy (non-hydrogen) atoms. The lowest BCUT2D eigenvalue weighted by atomic mass is 9.92. The summed E-state index contributed by atoms with van der Waals surface area (Å²) < 4.78 is 0. The van der Waals surface area contributed by atoms with Crippen molar-refractivity contribution in [1.29, 1.82) is 0 Å². The smallest absolute Gasteiger partial charge is 0.242 e. The Morgan fingerprint density at radius 2 is 2.00 bits per heavy atom. The number of para-hydroxylation sites is 2. The van der Waals surface area contributed by atoms with Gasteiger partial charge in [0, 0.05) is 26.2 Å². The molecule has 1 atom stereocenters. The van der Waals surface area contributed by atoms with Crippen LogP contribution < -0.4 is 10.2 Å². The molecule has 2 heterocycles. The molecule has 5 nitrogen and oxygen atoms in total. The minimum absolute atomic E-state index is 0.254. The molecule has 2 N–H and O–H groups in total. The lowest BCUT2D eigenvalue weighted by molar-refractivity contribution is -0.138. The normalized spacial score (nSPS) is 25.5. The first-order valence-corrected chi connectivity index (χ1v) is 8.23. The summed E-state index contributed by atoms with van der Waals surface area (Å²) in [7, 11) is 0. The van der Waals surface area contributed by atoms with Crippen LogP contribution >= 0.6 is 0 Å². The number of phenols is 1. The number of piperazine rings is 1. The van der Waals surface area contributed by atoms with Crippen LogP contribution in [0.1, 0.15) is 26.2 Å². The summed E-state index contributed by atoms with van der Waals surface area (Å²) in [5, 5.41) is 13.4. The van der Waals surface area contributed by atoms with Crippen molar-refractivity contribution in [1.82, 2.24) is 10.2 Å². The molecule has 1 amide bonds. The molecule has 0 bridgehead atoms. The van der Waals surface area contributed by atoms with E-state index in [1.54, 1.807) is 6.07 Å². The van der Waals surface area contributed by atoms with Crippen LogP contribution in [0.15, 0.2) is 24.3 Å². The molecular weight excluding hydrogens is 278 g/mol. The molecule has 2 fully saturated rings. The van der Waals surface area contributed by atoms with Gasteiger partial charge in [-0.2, -0.15) is 0 Å². The average molecular weight is 303 g/mol.